The van der Waals surface area contributed by atoms with Gasteiger partial charge >= 0.3 is 32.7 Å². The molecule has 3 rings (SSSR count). The first-order valence-corrected chi connectivity index (χ1v) is 8.26. The van der Waals surface area contributed by atoms with Gasteiger partial charge in [0.15, 0.2) is 6.29 Å². The molecule has 0 bridgehead atoms. The standard InChI is InChI=1S/C18H23F2O3.Y/c1-21-9-12-2-4-13(5-3-12)15-10-22-18(23-11-15)14-6-16(19)8-17(20)7-14;/h6-7,12-13,15,18H,2-5,9-11H2,1H3;/q-1;+3. The number of halogens is 2. The Kier molecular flexibility index (Phi) is 8.22. The van der Waals surface area contributed by atoms with E-state index in [0.29, 0.717) is 36.5 Å². The molecule has 2 aliphatic rings. The predicted molar refractivity (Wildman–Crippen MR) is 80.7 cm³/mol. The summed E-state index contributed by atoms with van der Waals surface area (Å²) in [5, 5.41) is 0. The van der Waals surface area contributed by atoms with Crippen LogP contribution in [-0.2, 0) is 46.9 Å². The molecule has 0 unspecified atom stereocenters. The fourth-order valence-electron chi connectivity index (χ4n) is 3.70. The third-order valence-electron chi connectivity index (χ3n) is 4.98. The molecule has 2 fully saturated rings. The molecule has 0 aromatic heterocycles. The van der Waals surface area contributed by atoms with E-state index in [0.717, 1.165) is 6.61 Å². The fourth-order valence-corrected chi connectivity index (χ4v) is 3.70. The van der Waals surface area contributed by atoms with Crippen molar-refractivity contribution in [3.05, 3.63) is 35.4 Å². The van der Waals surface area contributed by atoms with Crippen LogP contribution in [0.4, 0.5) is 8.78 Å². The van der Waals surface area contributed by atoms with Crippen LogP contribution < -0.4 is 0 Å². The van der Waals surface area contributed by atoms with Gasteiger partial charge in [0.05, 0.1) is 13.2 Å². The van der Waals surface area contributed by atoms with Crippen molar-refractivity contribution in [2.45, 2.75) is 32.0 Å². The molecule has 24 heavy (non-hydrogen) atoms. The summed E-state index contributed by atoms with van der Waals surface area (Å²) in [5.41, 5.74) is 0.376. The van der Waals surface area contributed by atoms with Gasteiger partial charge in [-0.15, -0.1) is 18.2 Å². The fraction of sp³-hybridized carbons (Fsp3) is 0.667. The first-order valence-electron chi connectivity index (χ1n) is 8.26. The molecule has 1 aliphatic heterocycles. The van der Waals surface area contributed by atoms with Crippen LogP contribution in [0.25, 0.3) is 0 Å². The number of rotatable bonds is 4. The Balaban J connectivity index is 0.00000208. The molecule has 0 spiro atoms. The maximum atomic E-state index is 13.2. The Labute approximate surface area is 167 Å². The Morgan fingerprint density at radius 2 is 1.62 bits per heavy atom. The second-order valence-corrected chi connectivity index (χ2v) is 6.60. The minimum Gasteiger partial charge on any atom is -0.384 e. The van der Waals surface area contributed by atoms with Crippen molar-refractivity contribution in [2.24, 2.45) is 17.8 Å². The molecule has 1 saturated carbocycles. The molecule has 128 valence electrons. The van der Waals surface area contributed by atoms with Crippen molar-refractivity contribution in [3.63, 3.8) is 0 Å². The van der Waals surface area contributed by atoms with Crippen LogP contribution in [0.3, 0.4) is 0 Å². The maximum Gasteiger partial charge on any atom is 3.00 e. The zero-order chi connectivity index (χ0) is 16.2. The zero-order valence-electron chi connectivity index (χ0n) is 14.0. The number of ether oxygens (including phenoxy) is 3. The van der Waals surface area contributed by atoms with Crippen LogP contribution in [0.15, 0.2) is 12.1 Å². The average Bonchev–Trinajstić information content (AvgIpc) is 2.55. The van der Waals surface area contributed by atoms with Gasteiger partial charge in [-0.1, -0.05) is 5.56 Å². The summed E-state index contributed by atoms with van der Waals surface area (Å²) in [7, 11) is 1.75. The summed E-state index contributed by atoms with van der Waals surface area (Å²) in [6, 6.07) is 4.39. The predicted octanol–water partition coefficient (Wildman–Crippen LogP) is 3.88. The second-order valence-electron chi connectivity index (χ2n) is 6.60. The van der Waals surface area contributed by atoms with Gasteiger partial charge in [-0.2, -0.15) is 0 Å². The van der Waals surface area contributed by atoms with Gasteiger partial charge in [0.2, 0.25) is 0 Å². The van der Waals surface area contributed by atoms with Crippen LogP contribution in [0, 0.1) is 35.5 Å². The smallest absolute Gasteiger partial charge is 0.384 e. The van der Waals surface area contributed by atoms with Crippen LogP contribution in [0.2, 0.25) is 0 Å². The van der Waals surface area contributed by atoms with Crippen molar-refractivity contribution in [1.82, 2.24) is 0 Å². The summed E-state index contributed by atoms with van der Waals surface area (Å²) < 4.78 is 43.1. The van der Waals surface area contributed by atoms with Crippen LogP contribution >= 0.6 is 0 Å². The Morgan fingerprint density at radius 1 is 1.04 bits per heavy atom. The van der Waals surface area contributed by atoms with E-state index in [-0.39, 0.29) is 32.7 Å². The van der Waals surface area contributed by atoms with E-state index in [1.54, 1.807) is 7.11 Å². The van der Waals surface area contributed by atoms with E-state index in [2.05, 4.69) is 0 Å². The van der Waals surface area contributed by atoms with Crippen molar-refractivity contribution >= 4 is 0 Å². The summed E-state index contributed by atoms with van der Waals surface area (Å²) in [4.78, 5) is 0. The van der Waals surface area contributed by atoms with E-state index in [1.165, 1.54) is 37.8 Å². The third-order valence-corrected chi connectivity index (χ3v) is 4.98. The monoisotopic (exact) mass is 414 g/mol. The number of hydrogen-bond acceptors (Lipinski definition) is 3. The number of methoxy groups -OCH3 is 1. The molecule has 6 heteroatoms. The molecule has 0 amide bonds. The summed E-state index contributed by atoms with van der Waals surface area (Å²) >= 11 is 0. The van der Waals surface area contributed by atoms with Gasteiger partial charge in [-0.05, 0) is 37.5 Å². The molecule has 1 aliphatic carbocycles. The second kappa shape index (κ2) is 9.68. The van der Waals surface area contributed by atoms with Gasteiger partial charge in [-0.25, -0.2) is 8.78 Å². The minimum atomic E-state index is -0.731. The molecule has 0 N–H and O–H groups in total. The summed E-state index contributed by atoms with van der Waals surface area (Å²) in [5.74, 6) is 0.166. The van der Waals surface area contributed by atoms with Crippen LogP contribution in [-0.4, -0.2) is 26.9 Å². The van der Waals surface area contributed by atoms with E-state index in [9.17, 15) is 8.78 Å². The van der Waals surface area contributed by atoms with E-state index >= 15 is 0 Å². The molecular weight excluding hydrogens is 391 g/mol. The Morgan fingerprint density at radius 3 is 2.17 bits per heavy atom. The third kappa shape index (κ3) is 5.28. The Hall–Kier alpha value is 0.0639. The van der Waals surface area contributed by atoms with E-state index in [1.807, 2.05) is 6.07 Å². The minimum absolute atomic E-state index is 0. The van der Waals surface area contributed by atoms with E-state index < -0.39 is 17.9 Å². The molecule has 1 heterocycles. The van der Waals surface area contributed by atoms with Crippen molar-refractivity contribution in [1.29, 1.82) is 0 Å². The topological polar surface area (TPSA) is 27.7 Å². The number of hydrogen-bond donors (Lipinski definition) is 0. The largest absolute Gasteiger partial charge is 3.00 e. The molecule has 1 saturated heterocycles. The molecular formula is C18H23F2O3Y+2. The first-order chi connectivity index (χ1) is 11.2. The van der Waals surface area contributed by atoms with Crippen molar-refractivity contribution in [2.75, 3.05) is 26.9 Å². The van der Waals surface area contributed by atoms with Gasteiger partial charge < -0.3 is 14.2 Å². The Bertz CT molecular complexity index is 493. The van der Waals surface area contributed by atoms with Gasteiger partial charge in [0.1, 0.15) is 0 Å². The quantitative estimate of drug-likeness (QED) is 0.701. The van der Waals surface area contributed by atoms with Gasteiger partial charge in [0, 0.05) is 31.3 Å². The average molecular weight is 414 g/mol. The molecule has 1 aromatic carbocycles. The van der Waals surface area contributed by atoms with Crippen molar-refractivity contribution in [3.8, 4) is 0 Å². The number of benzene rings is 1. The van der Waals surface area contributed by atoms with Crippen LogP contribution in [0.5, 0.6) is 0 Å². The van der Waals surface area contributed by atoms with Crippen LogP contribution in [0.1, 0.15) is 37.5 Å². The van der Waals surface area contributed by atoms with E-state index in [4.69, 9.17) is 14.2 Å². The maximum absolute atomic E-state index is 13.2. The normalized spacial score (nSPS) is 30.6. The summed E-state index contributed by atoms with van der Waals surface area (Å²) in [6.45, 7) is 1.99. The first kappa shape index (κ1) is 20.4. The SMILES string of the molecule is COCC1CCC(C2COC(c3cc(F)[c-]c(F)c3)OC2)CC1.[Y+3]. The molecule has 0 radical (unpaired) electrons. The molecule has 3 nitrogen and oxygen atoms in total. The molecule has 1 aromatic rings. The van der Waals surface area contributed by atoms with Crippen molar-refractivity contribution < 1.29 is 55.7 Å². The van der Waals surface area contributed by atoms with Gasteiger partial charge in [0.25, 0.3) is 0 Å². The zero-order valence-corrected chi connectivity index (χ0v) is 16.8. The van der Waals surface area contributed by atoms with Gasteiger partial charge in [-0.3, -0.25) is 0 Å². The summed E-state index contributed by atoms with van der Waals surface area (Å²) in [6.07, 6.45) is 4.01. The molecule has 0 atom stereocenters.